The molecule has 8 heavy (non-hydrogen) atoms. The highest BCUT2D eigenvalue weighted by molar-refractivity contribution is 14.2. The van der Waals surface area contributed by atoms with E-state index in [1.807, 2.05) is 10.6 Å². The van der Waals surface area contributed by atoms with E-state index in [0.717, 1.165) is 4.47 Å². The first kappa shape index (κ1) is 6.96. The van der Waals surface area contributed by atoms with Gasteiger partial charge in [-0.3, -0.25) is 0 Å². The van der Waals surface area contributed by atoms with E-state index in [-0.39, 0.29) is 0 Å². The normalized spacial score (nSPS) is 11.2. The van der Waals surface area contributed by atoms with Gasteiger partial charge in [-0.1, -0.05) is 0 Å². The molecule has 1 heterocycles. The number of hydrogen-bond acceptors (Lipinski definition) is 1. The highest BCUT2D eigenvalue weighted by Crippen LogP contribution is 2.23. The van der Waals surface area contributed by atoms with Gasteiger partial charge in [-0.15, -0.1) is 0 Å². The molecule has 1 unspecified atom stereocenters. The largest absolute Gasteiger partial charge is 0.244 e. The van der Waals surface area contributed by atoms with Crippen molar-refractivity contribution in [2.45, 2.75) is 0 Å². The Balaban J connectivity index is 2.84. The van der Waals surface area contributed by atoms with Crippen LogP contribution in [0.3, 0.4) is 0 Å². The summed E-state index contributed by atoms with van der Waals surface area (Å²) in [5, 5.41) is 4.01. The zero-order chi connectivity index (χ0) is 5.98. The highest BCUT2D eigenvalue weighted by Gasteiger charge is 1.88. The van der Waals surface area contributed by atoms with Crippen LogP contribution in [-0.4, -0.2) is 9.55 Å². The summed E-state index contributed by atoms with van der Waals surface area (Å²) >= 11 is 5.56. The molecule has 0 fully saturated rings. The van der Waals surface area contributed by atoms with E-state index in [2.05, 4.69) is 43.1 Å². The second kappa shape index (κ2) is 3.13. The molecule has 0 saturated heterocycles. The average Bonchev–Trinajstić information content (AvgIpc) is 2.14. The Labute approximate surface area is 70.5 Å². The van der Waals surface area contributed by atoms with Gasteiger partial charge in [0.05, 0.1) is 17.0 Å². The third-order valence-corrected chi connectivity index (χ3v) is 2.95. The lowest BCUT2D eigenvalue weighted by Crippen LogP contribution is -1.75. The lowest BCUT2D eigenvalue weighted by atomic mass is 10.8. The summed E-state index contributed by atoms with van der Waals surface area (Å²) in [5.74, 6) is 0. The lowest BCUT2D eigenvalue weighted by Gasteiger charge is -1.85. The predicted molar refractivity (Wildman–Crippen MR) is 47.7 cm³/mol. The summed E-state index contributed by atoms with van der Waals surface area (Å²) in [6.45, 7) is 0. The van der Waals surface area contributed by atoms with E-state index in [1.165, 1.54) is 0 Å². The van der Waals surface area contributed by atoms with Crippen LogP contribution in [0.2, 0.25) is 0 Å². The SMILES string of the molecule is Brc1cnn(PI)c1. The first-order valence-corrected chi connectivity index (χ1v) is 6.75. The van der Waals surface area contributed by atoms with E-state index in [4.69, 9.17) is 0 Å². The molecule has 0 N–H and O–H groups in total. The molecule has 0 aliphatic heterocycles. The molecule has 0 saturated carbocycles. The van der Waals surface area contributed by atoms with Crippen molar-refractivity contribution in [3.05, 3.63) is 16.9 Å². The fourth-order valence-electron chi connectivity index (χ4n) is 0.347. The molecule has 0 spiro atoms. The van der Waals surface area contributed by atoms with E-state index in [0.29, 0.717) is 6.37 Å². The second-order valence-electron chi connectivity index (χ2n) is 1.19. The van der Waals surface area contributed by atoms with Crippen molar-refractivity contribution in [3.63, 3.8) is 0 Å². The molecule has 2 nitrogen and oxygen atoms in total. The topological polar surface area (TPSA) is 17.8 Å². The fraction of sp³-hybridized carbons (Fsp3) is 0. The Bertz CT molecular complexity index is 178. The predicted octanol–water partition coefficient (Wildman–Crippen LogP) is 2.44. The van der Waals surface area contributed by atoms with Crippen molar-refractivity contribution in [1.82, 2.24) is 9.55 Å². The van der Waals surface area contributed by atoms with Crippen molar-refractivity contribution >= 4 is 44.3 Å². The highest BCUT2D eigenvalue weighted by atomic mass is 127. The minimum atomic E-state index is 0.696. The van der Waals surface area contributed by atoms with E-state index in [1.54, 1.807) is 6.20 Å². The number of nitrogens with zero attached hydrogens (tertiary/aromatic N) is 2. The van der Waals surface area contributed by atoms with Gasteiger partial charge >= 0.3 is 0 Å². The first-order valence-electron chi connectivity index (χ1n) is 1.90. The van der Waals surface area contributed by atoms with E-state index < -0.39 is 0 Å². The smallest absolute Gasteiger partial charge is 0.0677 e. The Morgan fingerprint density at radius 1 is 1.88 bits per heavy atom. The molecule has 0 amide bonds. The maximum atomic E-state index is 4.01. The van der Waals surface area contributed by atoms with Crippen LogP contribution < -0.4 is 0 Å². The summed E-state index contributed by atoms with van der Waals surface area (Å²) in [5.41, 5.74) is 0. The quantitative estimate of drug-likeness (QED) is 0.575. The third-order valence-electron chi connectivity index (χ3n) is 0.638. The van der Waals surface area contributed by atoms with Crippen molar-refractivity contribution in [3.8, 4) is 0 Å². The fourth-order valence-corrected chi connectivity index (χ4v) is 1.90. The molecule has 0 aliphatic rings. The van der Waals surface area contributed by atoms with Gasteiger partial charge in [-0.2, -0.15) is 5.10 Å². The van der Waals surface area contributed by atoms with Crippen LogP contribution in [0.5, 0.6) is 0 Å². The number of hydrogen-bond donors (Lipinski definition) is 0. The second-order valence-corrected chi connectivity index (χ2v) is 4.18. The Kier molecular flexibility index (Phi) is 2.72. The molecule has 0 aromatic carbocycles. The molecule has 0 aliphatic carbocycles. The van der Waals surface area contributed by atoms with Gasteiger partial charge < -0.3 is 0 Å². The summed E-state index contributed by atoms with van der Waals surface area (Å²) in [7, 11) is 0. The molecule has 1 rings (SSSR count). The minimum absolute atomic E-state index is 0.696. The summed E-state index contributed by atoms with van der Waals surface area (Å²) in [4.78, 5) is 0. The van der Waals surface area contributed by atoms with Crippen molar-refractivity contribution in [2.75, 3.05) is 0 Å². The molecular weight excluding hydrogens is 302 g/mol. The summed E-state index contributed by atoms with van der Waals surface area (Å²) < 4.78 is 2.92. The van der Waals surface area contributed by atoms with Gasteiger partial charge in [-0.05, 0) is 38.0 Å². The molecule has 1 aromatic heterocycles. The third kappa shape index (κ3) is 1.67. The Hall–Kier alpha value is 0.850. The molecule has 5 heteroatoms. The van der Waals surface area contributed by atoms with Gasteiger partial charge in [-0.25, -0.2) is 4.45 Å². The van der Waals surface area contributed by atoms with Crippen molar-refractivity contribution < 1.29 is 0 Å². The Morgan fingerprint density at radius 3 is 2.88 bits per heavy atom. The van der Waals surface area contributed by atoms with E-state index in [9.17, 15) is 0 Å². The van der Waals surface area contributed by atoms with Gasteiger partial charge in [0.15, 0.2) is 0 Å². The molecule has 0 radical (unpaired) electrons. The zero-order valence-electron chi connectivity index (χ0n) is 3.81. The van der Waals surface area contributed by atoms with Crippen LogP contribution in [0, 0.1) is 0 Å². The van der Waals surface area contributed by atoms with Crippen LogP contribution in [0.25, 0.3) is 0 Å². The van der Waals surface area contributed by atoms with Crippen molar-refractivity contribution in [1.29, 1.82) is 0 Å². The number of halogens is 2. The van der Waals surface area contributed by atoms with Gasteiger partial charge in [0.1, 0.15) is 0 Å². The van der Waals surface area contributed by atoms with Crippen LogP contribution in [-0.2, 0) is 0 Å². The van der Waals surface area contributed by atoms with Crippen molar-refractivity contribution in [2.24, 2.45) is 0 Å². The van der Waals surface area contributed by atoms with Gasteiger partial charge in [0.25, 0.3) is 0 Å². The van der Waals surface area contributed by atoms with Crippen LogP contribution >= 0.6 is 44.3 Å². The lowest BCUT2D eigenvalue weighted by molar-refractivity contribution is 1.01. The number of rotatable bonds is 1. The monoisotopic (exact) mass is 304 g/mol. The maximum Gasteiger partial charge on any atom is 0.0677 e. The first-order chi connectivity index (χ1) is 3.83. The molecule has 0 bridgehead atoms. The van der Waals surface area contributed by atoms with Crippen LogP contribution in [0.1, 0.15) is 0 Å². The van der Waals surface area contributed by atoms with Gasteiger partial charge in [0, 0.05) is 6.20 Å². The standard InChI is InChI=1S/C3H3BrIN2P/c4-3-1-6-7(2-3)8-5/h1-2,8H. The number of aromatic nitrogens is 2. The molecule has 1 atom stereocenters. The molecular formula is C3H3BrIN2P. The summed E-state index contributed by atoms with van der Waals surface area (Å²) in [6, 6.07) is 0. The van der Waals surface area contributed by atoms with E-state index >= 15 is 0 Å². The van der Waals surface area contributed by atoms with Crippen LogP contribution in [0.15, 0.2) is 16.9 Å². The zero-order valence-corrected chi connectivity index (χ0v) is 8.55. The molecule has 1 aromatic rings. The minimum Gasteiger partial charge on any atom is -0.244 e. The summed E-state index contributed by atoms with van der Waals surface area (Å²) in [6.07, 6.45) is 4.43. The average molecular weight is 305 g/mol. The maximum absolute atomic E-state index is 4.01. The Morgan fingerprint density at radius 2 is 2.62 bits per heavy atom. The van der Waals surface area contributed by atoms with Gasteiger partial charge in [0.2, 0.25) is 0 Å². The van der Waals surface area contributed by atoms with Crippen LogP contribution in [0.4, 0.5) is 0 Å². The molecule has 44 valence electrons.